The molecule has 0 saturated heterocycles. The Bertz CT molecular complexity index is 1210. The average molecular weight is 702 g/mol. The van der Waals surface area contributed by atoms with E-state index in [1.807, 2.05) is 12.1 Å². The normalized spacial score (nSPS) is 10.6. The van der Waals surface area contributed by atoms with E-state index in [0.717, 1.165) is 54.7 Å². The van der Waals surface area contributed by atoms with Crippen molar-refractivity contribution >= 4 is 55.4 Å². The summed E-state index contributed by atoms with van der Waals surface area (Å²) in [5, 5.41) is 0. The highest BCUT2D eigenvalue weighted by Crippen LogP contribution is 2.22. The molecular weight excluding hydrogens is 660 g/mol. The van der Waals surface area contributed by atoms with Gasteiger partial charge in [-0.15, -0.1) is 55.4 Å². The quantitative estimate of drug-likeness (QED) is 0.101. The molecule has 3 aromatic rings. The van der Waals surface area contributed by atoms with Gasteiger partial charge in [0, 0.05) is 5.56 Å². The minimum absolute atomic E-state index is 0.0570. The first-order valence-corrected chi connectivity index (χ1v) is 18.6. The lowest BCUT2D eigenvalue weighted by molar-refractivity contribution is 0.473. The molecule has 3 rings (SSSR count). The molecule has 12 heteroatoms. The van der Waals surface area contributed by atoms with Gasteiger partial charge in [-0.2, -0.15) is 0 Å². The predicted molar refractivity (Wildman–Crippen MR) is 189 cm³/mol. The van der Waals surface area contributed by atoms with E-state index in [1.165, 1.54) is 0 Å². The molecule has 0 amide bonds. The third-order valence-corrected chi connectivity index (χ3v) is 7.90. The molecule has 0 aromatic heterocycles. The Balaban J connectivity index is 0.000000316. The van der Waals surface area contributed by atoms with Gasteiger partial charge in [0.1, 0.15) is 11.6 Å². The highest BCUT2D eigenvalue weighted by atomic mass is 31.0. The fraction of sp³-hybridized carbons (Fsp3) is 0.400. The zero-order valence-corrected chi connectivity index (χ0v) is 30.6. The van der Waals surface area contributed by atoms with E-state index in [1.54, 1.807) is 18.2 Å². The highest BCUT2D eigenvalue weighted by molar-refractivity contribution is 7.17. The van der Waals surface area contributed by atoms with Crippen molar-refractivity contribution in [2.45, 2.75) is 38.5 Å². The van der Waals surface area contributed by atoms with Crippen LogP contribution in [0.4, 0.5) is 26.3 Å². The maximum atomic E-state index is 13.4. The van der Waals surface area contributed by atoms with Crippen molar-refractivity contribution in [2.75, 3.05) is 37.0 Å². The lowest BCUT2D eigenvalue weighted by Crippen LogP contribution is -2.05. The smallest absolute Gasteiger partial charge is 0.165 e. The minimum Gasteiger partial charge on any atom is -0.207 e. The molecule has 0 heterocycles. The molecule has 0 aliphatic rings. The van der Waals surface area contributed by atoms with Crippen molar-refractivity contribution in [3.05, 3.63) is 105 Å². The zero-order valence-electron chi connectivity index (χ0n) is 23.7. The predicted octanol–water partition coefficient (Wildman–Crippen LogP) is 8.40. The van der Waals surface area contributed by atoms with Crippen LogP contribution in [0.2, 0.25) is 0 Å². The Kier molecular flexibility index (Phi) is 21.2. The van der Waals surface area contributed by atoms with Crippen LogP contribution in [0.1, 0.15) is 33.4 Å². The Labute approximate surface area is 261 Å². The van der Waals surface area contributed by atoms with E-state index in [-0.39, 0.29) is 23.4 Å². The average Bonchev–Trinajstić information content (AvgIpc) is 2.96. The molecule has 0 nitrogen and oxygen atoms in total. The topological polar surface area (TPSA) is 0 Å². The zero-order chi connectivity index (χ0) is 31.7. The second-order valence-corrected chi connectivity index (χ2v) is 12.8. The summed E-state index contributed by atoms with van der Waals surface area (Å²) >= 11 is 0. The fourth-order valence-corrected chi connectivity index (χ4v) is 5.86. The van der Waals surface area contributed by atoms with Crippen LogP contribution in [0.15, 0.2) is 36.4 Å². The Morgan fingerprint density at radius 3 is 1.24 bits per heavy atom. The maximum absolute atomic E-state index is 13.4. The molecule has 0 bridgehead atoms. The number of halogens is 6. The molecule has 3 aromatic carbocycles. The summed E-state index contributed by atoms with van der Waals surface area (Å²) in [6.07, 6.45) is 7.88. The molecule has 0 aliphatic carbocycles. The SMILES string of the molecule is Fc1c(CCP)ccc(CCP)c1F.Fc1cc(CCP)c(F)c(F)c1CCP.Fc1cc(CCP)ccc1CCP. The molecule has 234 valence electrons. The summed E-state index contributed by atoms with van der Waals surface area (Å²) in [5.74, 6) is -4.01. The van der Waals surface area contributed by atoms with Gasteiger partial charge in [-0.3, -0.25) is 0 Å². The minimum atomic E-state index is -1.04. The summed E-state index contributed by atoms with van der Waals surface area (Å²) in [4.78, 5) is 0. The van der Waals surface area contributed by atoms with Gasteiger partial charge in [0.15, 0.2) is 23.3 Å². The van der Waals surface area contributed by atoms with Crippen LogP contribution in [0, 0.1) is 34.9 Å². The lowest BCUT2D eigenvalue weighted by Gasteiger charge is -2.08. The van der Waals surface area contributed by atoms with Crippen LogP contribution in [0.3, 0.4) is 0 Å². The first-order valence-electron chi connectivity index (χ1n) is 13.7. The molecule has 6 atom stereocenters. The third-order valence-electron chi connectivity index (χ3n) is 6.17. The molecule has 0 aliphatic heterocycles. The van der Waals surface area contributed by atoms with Crippen molar-refractivity contribution < 1.29 is 26.3 Å². The summed E-state index contributed by atoms with van der Waals surface area (Å²) in [6.45, 7) is 0. The molecule has 0 radical (unpaired) electrons. The van der Waals surface area contributed by atoms with E-state index in [0.29, 0.717) is 42.7 Å². The Hall–Kier alpha value is -0.180. The summed E-state index contributed by atoms with van der Waals surface area (Å²) < 4.78 is 80.3. The first-order chi connectivity index (χ1) is 20.1. The number of rotatable bonds is 12. The fourth-order valence-electron chi connectivity index (χ4n) is 3.99. The van der Waals surface area contributed by atoms with Gasteiger partial charge in [0.05, 0.1) is 0 Å². The highest BCUT2D eigenvalue weighted by Gasteiger charge is 2.17. The lowest BCUT2D eigenvalue weighted by atomic mass is 10.1. The van der Waals surface area contributed by atoms with Gasteiger partial charge >= 0.3 is 0 Å². The molecular formula is C30H42F6P6. The van der Waals surface area contributed by atoms with Gasteiger partial charge in [-0.25, -0.2) is 26.3 Å². The Morgan fingerprint density at radius 1 is 0.381 bits per heavy atom. The van der Waals surface area contributed by atoms with E-state index >= 15 is 0 Å². The van der Waals surface area contributed by atoms with Crippen LogP contribution < -0.4 is 0 Å². The number of hydrogen-bond acceptors (Lipinski definition) is 0. The molecule has 42 heavy (non-hydrogen) atoms. The van der Waals surface area contributed by atoms with Gasteiger partial charge in [-0.05, 0) is 115 Å². The van der Waals surface area contributed by atoms with Gasteiger partial charge in [0.25, 0.3) is 0 Å². The van der Waals surface area contributed by atoms with Crippen LogP contribution in [-0.2, 0) is 38.5 Å². The van der Waals surface area contributed by atoms with E-state index in [4.69, 9.17) is 0 Å². The monoisotopic (exact) mass is 702 g/mol. The van der Waals surface area contributed by atoms with Crippen LogP contribution in [-0.4, -0.2) is 37.0 Å². The molecule has 6 unspecified atom stereocenters. The summed E-state index contributed by atoms with van der Waals surface area (Å²) in [7, 11) is 15.0. The van der Waals surface area contributed by atoms with Gasteiger partial charge in [-0.1, -0.05) is 24.3 Å². The van der Waals surface area contributed by atoms with Gasteiger partial charge in [0.2, 0.25) is 0 Å². The number of hydrogen-bond donors (Lipinski definition) is 0. The second-order valence-electron chi connectivity index (χ2n) is 9.29. The molecule has 0 saturated carbocycles. The summed E-state index contributed by atoms with van der Waals surface area (Å²) in [6, 6.07) is 10.0. The van der Waals surface area contributed by atoms with E-state index < -0.39 is 29.1 Å². The van der Waals surface area contributed by atoms with Crippen molar-refractivity contribution in [3.8, 4) is 0 Å². The van der Waals surface area contributed by atoms with Crippen LogP contribution in [0.5, 0.6) is 0 Å². The van der Waals surface area contributed by atoms with Crippen molar-refractivity contribution in [1.29, 1.82) is 0 Å². The maximum Gasteiger partial charge on any atom is 0.165 e. The third kappa shape index (κ3) is 13.0. The first kappa shape index (κ1) is 39.8. The van der Waals surface area contributed by atoms with Gasteiger partial charge < -0.3 is 0 Å². The van der Waals surface area contributed by atoms with Crippen LogP contribution in [0.25, 0.3) is 0 Å². The van der Waals surface area contributed by atoms with E-state index in [9.17, 15) is 26.3 Å². The molecule has 0 fully saturated rings. The number of benzene rings is 3. The summed E-state index contributed by atoms with van der Waals surface area (Å²) in [5.41, 5.74) is 2.78. The standard InChI is InChI=1S/C10H13F3P2.C10H14F2P2.C10H15FP2/c11-8-5-6(1-3-14)9(12)10(13)7(8)2-4-15;11-9-7(3-5-13)1-2-8(4-6-14)10(9)12;11-10-7-8(3-5-12)1-2-9(10)4-6-13/h5H,1-4,14-15H2;1-2H,3-6,13-14H2;1-2,7H,3-6,12-13H2. The molecule has 0 N–H and O–H groups in total. The largest absolute Gasteiger partial charge is 0.207 e. The second kappa shape index (κ2) is 22.3. The van der Waals surface area contributed by atoms with Crippen molar-refractivity contribution in [2.24, 2.45) is 0 Å². The van der Waals surface area contributed by atoms with Crippen molar-refractivity contribution in [1.82, 2.24) is 0 Å². The van der Waals surface area contributed by atoms with Crippen LogP contribution >= 0.6 is 55.4 Å². The molecule has 0 spiro atoms. The van der Waals surface area contributed by atoms with E-state index in [2.05, 4.69) is 55.4 Å². The van der Waals surface area contributed by atoms with Crippen molar-refractivity contribution in [3.63, 3.8) is 0 Å². The number of aryl methyl sites for hydroxylation is 5. The Morgan fingerprint density at radius 2 is 0.786 bits per heavy atom.